The van der Waals surface area contributed by atoms with Gasteiger partial charge < -0.3 is 10.2 Å². The van der Waals surface area contributed by atoms with Crippen molar-refractivity contribution in [3.63, 3.8) is 0 Å². The van der Waals surface area contributed by atoms with E-state index < -0.39 is 12.5 Å². The maximum Gasteiger partial charge on any atom is 0.106 e. The monoisotopic (exact) mass is 357 g/mol. The third-order valence-electron chi connectivity index (χ3n) is 5.05. The highest BCUT2D eigenvalue weighted by molar-refractivity contribution is 4.59. The molecule has 3 nitrogen and oxygen atoms in total. The van der Waals surface area contributed by atoms with Crippen LogP contribution in [-0.4, -0.2) is 22.7 Å². The first-order valence-electron chi connectivity index (χ1n) is 11.3. The summed E-state index contributed by atoms with van der Waals surface area (Å²) < 4.78 is 0. The van der Waals surface area contributed by atoms with Crippen molar-refractivity contribution in [1.82, 2.24) is 5.32 Å². The SMILES string of the molecule is CCCCCCCCCCCCCC(O)NC(O)CCCCCCC. The Morgan fingerprint density at radius 1 is 0.480 bits per heavy atom. The average molecular weight is 358 g/mol. The van der Waals surface area contributed by atoms with E-state index in [-0.39, 0.29) is 0 Å². The summed E-state index contributed by atoms with van der Waals surface area (Å²) in [4.78, 5) is 0. The van der Waals surface area contributed by atoms with Gasteiger partial charge in [-0.15, -0.1) is 0 Å². The minimum Gasteiger partial charge on any atom is -0.379 e. The van der Waals surface area contributed by atoms with Gasteiger partial charge in [-0.3, -0.25) is 5.32 Å². The minimum atomic E-state index is -0.552. The number of hydrogen-bond acceptors (Lipinski definition) is 3. The summed E-state index contributed by atoms with van der Waals surface area (Å²) in [6.45, 7) is 4.48. The topological polar surface area (TPSA) is 52.5 Å². The molecule has 0 fully saturated rings. The molecule has 0 aromatic rings. The van der Waals surface area contributed by atoms with Crippen molar-refractivity contribution in [1.29, 1.82) is 0 Å². The average Bonchev–Trinajstić information content (AvgIpc) is 2.59. The molecule has 0 rings (SSSR count). The Morgan fingerprint density at radius 3 is 1.08 bits per heavy atom. The van der Waals surface area contributed by atoms with Crippen LogP contribution < -0.4 is 5.32 Å². The highest BCUT2D eigenvalue weighted by atomic mass is 16.3. The summed E-state index contributed by atoms with van der Waals surface area (Å²) in [5, 5.41) is 22.7. The smallest absolute Gasteiger partial charge is 0.106 e. The molecule has 0 amide bonds. The Bertz CT molecular complexity index is 248. The number of rotatable bonds is 20. The zero-order chi connectivity index (χ0) is 18.6. The predicted octanol–water partition coefficient (Wildman–Crippen LogP) is 6.27. The van der Waals surface area contributed by atoms with Crippen LogP contribution in [0.3, 0.4) is 0 Å². The summed E-state index contributed by atoms with van der Waals surface area (Å²) in [6, 6.07) is 0. The second-order valence-corrected chi connectivity index (χ2v) is 7.73. The van der Waals surface area contributed by atoms with Crippen LogP contribution in [0.5, 0.6) is 0 Å². The molecule has 0 aromatic carbocycles. The molecule has 0 aliphatic rings. The molecule has 2 atom stereocenters. The van der Waals surface area contributed by atoms with Gasteiger partial charge >= 0.3 is 0 Å². The number of nitrogens with one attached hydrogen (secondary N) is 1. The third kappa shape index (κ3) is 20.0. The molecule has 0 aromatic heterocycles. The molecule has 152 valence electrons. The lowest BCUT2D eigenvalue weighted by molar-refractivity contribution is 0.0310. The van der Waals surface area contributed by atoms with Gasteiger partial charge in [0.15, 0.2) is 0 Å². The Balaban J connectivity index is 3.27. The van der Waals surface area contributed by atoms with Gasteiger partial charge in [0, 0.05) is 0 Å². The zero-order valence-electron chi connectivity index (χ0n) is 17.3. The number of unbranched alkanes of at least 4 members (excludes halogenated alkanes) is 14. The zero-order valence-corrected chi connectivity index (χ0v) is 17.3. The van der Waals surface area contributed by atoms with Crippen molar-refractivity contribution in [2.45, 2.75) is 142 Å². The van der Waals surface area contributed by atoms with Gasteiger partial charge in [-0.05, 0) is 25.7 Å². The van der Waals surface area contributed by atoms with Crippen LogP contribution in [0.1, 0.15) is 129 Å². The van der Waals surface area contributed by atoms with Crippen molar-refractivity contribution in [3.05, 3.63) is 0 Å². The quantitative estimate of drug-likeness (QED) is 0.178. The lowest BCUT2D eigenvalue weighted by Gasteiger charge is -2.18. The fraction of sp³-hybridized carbons (Fsp3) is 1.00. The van der Waals surface area contributed by atoms with Crippen molar-refractivity contribution in [2.24, 2.45) is 0 Å². The molecule has 0 saturated heterocycles. The Kier molecular flexibility index (Phi) is 20.1. The van der Waals surface area contributed by atoms with Crippen LogP contribution in [0.2, 0.25) is 0 Å². The van der Waals surface area contributed by atoms with Gasteiger partial charge in [0.2, 0.25) is 0 Å². The summed E-state index contributed by atoms with van der Waals surface area (Å²) >= 11 is 0. The van der Waals surface area contributed by atoms with Crippen LogP contribution in [0.15, 0.2) is 0 Å². The second kappa shape index (κ2) is 20.2. The second-order valence-electron chi connectivity index (χ2n) is 7.73. The molecule has 25 heavy (non-hydrogen) atoms. The first kappa shape index (κ1) is 24.9. The number of aliphatic hydroxyl groups excluding tert-OH is 2. The molecular weight excluding hydrogens is 310 g/mol. The lowest BCUT2D eigenvalue weighted by Crippen LogP contribution is -2.38. The third-order valence-corrected chi connectivity index (χ3v) is 5.05. The maximum absolute atomic E-state index is 9.93. The lowest BCUT2D eigenvalue weighted by atomic mass is 10.0. The molecule has 0 bridgehead atoms. The van der Waals surface area contributed by atoms with Crippen molar-refractivity contribution in [3.8, 4) is 0 Å². The van der Waals surface area contributed by atoms with E-state index >= 15 is 0 Å². The molecular formula is C22H47NO2. The summed E-state index contributed by atoms with van der Waals surface area (Å²) in [5.41, 5.74) is 0. The number of aliphatic hydroxyl groups is 2. The first-order valence-corrected chi connectivity index (χ1v) is 11.3. The van der Waals surface area contributed by atoms with Gasteiger partial charge in [-0.1, -0.05) is 104 Å². The van der Waals surface area contributed by atoms with Gasteiger partial charge in [0.05, 0.1) is 0 Å². The van der Waals surface area contributed by atoms with Gasteiger partial charge in [0.1, 0.15) is 12.5 Å². The van der Waals surface area contributed by atoms with E-state index in [1.165, 1.54) is 89.9 Å². The Morgan fingerprint density at radius 2 is 0.760 bits per heavy atom. The van der Waals surface area contributed by atoms with Crippen LogP contribution in [0, 0.1) is 0 Å². The van der Waals surface area contributed by atoms with Crippen molar-refractivity contribution >= 4 is 0 Å². The summed E-state index contributed by atoms with van der Waals surface area (Å²) in [5.74, 6) is 0. The summed E-state index contributed by atoms with van der Waals surface area (Å²) in [7, 11) is 0. The normalized spacial score (nSPS) is 13.9. The predicted molar refractivity (Wildman–Crippen MR) is 110 cm³/mol. The van der Waals surface area contributed by atoms with Crippen LogP contribution >= 0.6 is 0 Å². The van der Waals surface area contributed by atoms with Crippen molar-refractivity contribution in [2.75, 3.05) is 0 Å². The van der Waals surface area contributed by atoms with Gasteiger partial charge in [-0.2, -0.15) is 0 Å². The van der Waals surface area contributed by atoms with E-state index in [0.717, 1.165) is 25.7 Å². The van der Waals surface area contributed by atoms with Crippen molar-refractivity contribution < 1.29 is 10.2 Å². The van der Waals surface area contributed by atoms with E-state index in [9.17, 15) is 10.2 Å². The maximum atomic E-state index is 9.93. The molecule has 0 heterocycles. The highest BCUT2D eigenvalue weighted by Crippen LogP contribution is 2.12. The highest BCUT2D eigenvalue weighted by Gasteiger charge is 2.09. The van der Waals surface area contributed by atoms with E-state index in [1.54, 1.807) is 0 Å². The minimum absolute atomic E-state index is 0.552. The molecule has 0 spiro atoms. The van der Waals surface area contributed by atoms with E-state index in [0.29, 0.717) is 0 Å². The van der Waals surface area contributed by atoms with Gasteiger partial charge in [-0.25, -0.2) is 0 Å². The fourth-order valence-electron chi connectivity index (χ4n) is 3.33. The van der Waals surface area contributed by atoms with Gasteiger partial charge in [0.25, 0.3) is 0 Å². The van der Waals surface area contributed by atoms with E-state index in [4.69, 9.17) is 0 Å². The Hall–Kier alpha value is -0.120. The van der Waals surface area contributed by atoms with E-state index in [1.807, 2.05) is 0 Å². The molecule has 3 N–H and O–H groups in total. The molecule has 0 saturated carbocycles. The van der Waals surface area contributed by atoms with Crippen LogP contribution in [0.25, 0.3) is 0 Å². The molecule has 0 radical (unpaired) electrons. The number of hydrogen-bond donors (Lipinski definition) is 3. The Labute approximate surface area is 158 Å². The standard InChI is InChI=1S/C22H47NO2/c1-3-5-7-9-10-11-12-13-14-16-18-20-22(25)23-21(24)19-17-15-8-6-4-2/h21-25H,3-20H2,1-2H3. The molecule has 3 heteroatoms. The first-order chi connectivity index (χ1) is 12.2. The largest absolute Gasteiger partial charge is 0.379 e. The van der Waals surface area contributed by atoms with Crippen LogP contribution in [0.4, 0.5) is 0 Å². The van der Waals surface area contributed by atoms with E-state index in [2.05, 4.69) is 19.2 Å². The molecule has 0 aliphatic heterocycles. The molecule has 0 aliphatic carbocycles. The van der Waals surface area contributed by atoms with Crippen LogP contribution in [-0.2, 0) is 0 Å². The fourth-order valence-corrected chi connectivity index (χ4v) is 3.33. The summed E-state index contributed by atoms with van der Waals surface area (Å²) in [6.07, 6.45) is 21.0. The molecule has 2 unspecified atom stereocenters.